The third-order valence-electron chi connectivity index (χ3n) is 4.77. The van der Waals surface area contributed by atoms with Crippen LogP contribution in [-0.4, -0.2) is 27.5 Å². The van der Waals surface area contributed by atoms with Gasteiger partial charge in [0, 0.05) is 12.1 Å². The molecule has 4 rings (SSSR count). The van der Waals surface area contributed by atoms with Crippen molar-refractivity contribution < 1.29 is 18.7 Å². The number of para-hydroxylation sites is 1. The van der Waals surface area contributed by atoms with E-state index in [9.17, 15) is 9.18 Å². The number of hydrogen-bond acceptors (Lipinski definition) is 5. The number of aromatic nitrogens is 3. The normalized spacial score (nSPS) is 15.6. The number of nitrogens with zero attached hydrogens (tertiary/aromatic N) is 3. The minimum absolute atomic E-state index is 0.202. The molecule has 0 aliphatic carbocycles. The molecule has 1 aliphatic heterocycles. The number of hydrogen-bond donors (Lipinski definition) is 1. The molecule has 1 N–H and O–H groups in total. The van der Waals surface area contributed by atoms with Crippen LogP contribution < -0.4 is 10.1 Å². The Hall–Kier alpha value is -3.26. The Bertz CT molecular complexity index is 1000. The molecule has 0 spiro atoms. The zero-order valence-corrected chi connectivity index (χ0v) is 16.0. The molecule has 0 saturated carbocycles. The number of benzene rings is 2. The second-order valence-corrected chi connectivity index (χ2v) is 6.64. The van der Waals surface area contributed by atoms with Crippen LogP contribution in [0.4, 0.5) is 4.39 Å². The molecule has 0 radical (unpaired) electrons. The van der Waals surface area contributed by atoms with Gasteiger partial charge in [-0.25, -0.2) is 9.07 Å². The smallest absolute Gasteiger partial charge is 0.274 e. The summed E-state index contributed by atoms with van der Waals surface area (Å²) in [6.07, 6.45) is -0.265. The number of carbonyl (C=O) groups is 1. The summed E-state index contributed by atoms with van der Waals surface area (Å²) in [5.74, 6) is 0.128. The van der Waals surface area contributed by atoms with Gasteiger partial charge >= 0.3 is 0 Å². The molecule has 1 aliphatic rings. The van der Waals surface area contributed by atoms with Crippen LogP contribution in [-0.2, 0) is 24.4 Å². The number of halogens is 1. The molecule has 150 valence electrons. The molecule has 1 unspecified atom stereocenters. The number of rotatable bonds is 6. The monoisotopic (exact) mass is 396 g/mol. The largest absolute Gasteiger partial charge is 0.494 e. The van der Waals surface area contributed by atoms with Crippen molar-refractivity contribution in [3.05, 3.63) is 76.9 Å². The van der Waals surface area contributed by atoms with Crippen molar-refractivity contribution in [1.82, 2.24) is 20.3 Å². The van der Waals surface area contributed by atoms with Gasteiger partial charge in [0.05, 0.1) is 25.5 Å². The standard InChI is InChI=1S/C21H21FN4O3/c1-2-28-18-6-4-3-5-15(18)11-23-21(27)20-17-13-29-19(12-26(17)25-24-20)14-7-9-16(22)10-8-14/h3-10,19H,2,11-13H2,1H3,(H,23,27). The van der Waals surface area contributed by atoms with Gasteiger partial charge in [0.25, 0.3) is 5.91 Å². The summed E-state index contributed by atoms with van der Waals surface area (Å²) in [5.41, 5.74) is 2.61. The van der Waals surface area contributed by atoms with Crippen LogP contribution in [0.15, 0.2) is 48.5 Å². The van der Waals surface area contributed by atoms with E-state index in [1.807, 2.05) is 31.2 Å². The average Bonchev–Trinajstić information content (AvgIpc) is 3.17. The maximum absolute atomic E-state index is 13.1. The molecule has 0 saturated heterocycles. The highest BCUT2D eigenvalue weighted by Crippen LogP contribution is 2.27. The van der Waals surface area contributed by atoms with Gasteiger partial charge in [0.1, 0.15) is 17.7 Å². The van der Waals surface area contributed by atoms with Crippen molar-refractivity contribution in [3.63, 3.8) is 0 Å². The Kier molecular flexibility index (Phi) is 5.53. The van der Waals surface area contributed by atoms with E-state index in [1.54, 1.807) is 16.8 Å². The number of carbonyl (C=O) groups excluding carboxylic acids is 1. The lowest BCUT2D eigenvalue weighted by Gasteiger charge is -2.24. The predicted octanol–water partition coefficient (Wildman–Crippen LogP) is 3.02. The Balaban J connectivity index is 1.44. The Morgan fingerprint density at radius 1 is 1.28 bits per heavy atom. The van der Waals surface area contributed by atoms with E-state index >= 15 is 0 Å². The van der Waals surface area contributed by atoms with Crippen LogP contribution in [0.2, 0.25) is 0 Å². The maximum atomic E-state index is 13.1. The first kappa shape index (κ1) is 19.1. The summed E-state index contributed by atoms with van der Waals surface area (Å²) >= 11 is 0. The van der Waals surface area contributed by atoms with Crippen molar-refractivity contribution in [2.24, 2.45) is 0 Å². The van der Waals surface area contributed by atoms with Gasteiger partial charge < -0.3 is 14.8 Å². The third kappa shape index (κ3) is 4.12. The summed E-state index contributed by atoms with van der Waals surface area (Å²) in [6, 6.07) is 13.7. The van der Waals surface area contributed by atoms with E-state index in [4.69, 9.17) is 9.47 Å². The highest BCUT2D eigenvalue weighted by atomic mass is 19.1. The molecule has 0 fully saturated rings. The Morgan fingerprint density at radius 2 is 2.07 bits per heavy atom. The van der Waals surface area contributed by atoms with Crippen molar-refractivity contribution in [2.75, 3.05) is 6.61 Å². The summed E-state index contributed by atoms with van der Waals surface area (Å²) < 4.78 is 26.2. The first-order valence-electron chi connectivity index (χ1n) is 9.44. The van der Waals surface area contributed by atoms with Crippen molar-refractivity contribution >= 4 is 5.91 Å². The highest BCUT2D eigenvalue weighted by Gasteiger charge is 2.27. The van der Waals surface area contributed by atoms with Gasteiger partial charge in [-0.1, -0.05) is 35.5 Å². The molecule has 0 bridgehead atoms. The first-order valence-corrected chi connectivity index (χ1v) is 9.44. The molecule has 2 aromatic carbocycles. The summed E-state index contributed by atoms with van der Waals surface area (Å²) in [4.78, 5) is 12.6. The SMILES string of the molecule is CCOc1ccccc1CNC(=O)c1nnn2c1COC(c1ccc(F)cc1)C2. The number of amides is 1. The van der Waals surface area contributed by atoms with Gasteiger partial charge in [-0.2, -0.15) is 0 Å². The van der Waals surface area contributed by atoms with Gasteiger partial charge in [0.2, 0.25) is 0 Å². The lowest BCUT2D eigenvalue weighted by molar-refractivity contribution is -0.00180. The minimum Gasteiger partial charge on any atom is -0.494 e. The van der Waals surface area contributed by atoms with E-state index in [1.165, 1.54) is 12.1 Å². The fourth-order valence-corrected chi connectivity index (χ4v) is 3.27. The molecule has 1 atom stereocenters. The number of fused-ring (bicyclic) bond motifs is 1. The third-order valence-corrected chi connectivity index (χ3v) is 4.77. The van der Waals surface area contributed by atoms with Crippen LogP contribution in [0, 0.1) is 5.82 Å². The van der Waals surface area contributed by atoms with E-state index < -0.39 is 0 Å². The minimum atomic E-state index is -0.318. The summed E-state index contributed by atoms with van der Waals surface area (Å²) in [5, 5.41) is 11.0. The fourth-order valence-electron chi connectivity index (χ4n) is 3.27. The number of nitrogens with one attached hydrogen (secondary N) is 1. The Morgan fingerprint density at radius 3 is 2.86 bits per heavy atom. The molecular weight excluding hydrogens is 375 g/mol. The van der Waals surface area contributed by atoms with E-state index in [0.717, 1.165) is 16.9 Å². The van der Waals surface area contributed by atoms with E-state index in [-0.39, 0.29) is 30.1 Å². The van der Waals surface area contributed by atoms with Crippen molar-refractivity contribution in [3.8, 4) is 5.75 Å². The molecule has 8 heteroatoms. The lowest BCUT2D eigenvalue weighted by atomic mass is 10.1. The Labute approximate surface area is 167 Å². The quantitative estimate of drug-likeness (QED) is 0.693. The molecule has 1 amide bonds. The van der Waals surface area contributed by atoms with Crippen LogP contribution in [0.3, 0.4) is 0 Å². The van der Waals surface area contributed by atoms with Crippen molar-refractivity contribution in [1.29, 1.82) is 0 Å². The van der Waals surface area contributed by atoms with Gasteiger partial charge in [-0.15, -0.1) is 5.10 Å². The summed E-state index contributed by atoms with van der Waals surface area (Å²) in [7, 11) is 0. The van der Waals surface area contributed by atoms with E-state index in [2.05, 4.69) is 15.6 Å². The highest BCUT2D eigenvalue weighted by molar-refractivity contribution is 5.93. The van der Waals surface area contributed by atoms with Gasteiger partial charge in [0.15, 0.2) is 5.69 Å². The first-order chi connectivity index (χ1) is 14.2. The molecule has 3 aromatic rings. The van der Waals surface area contributed by atoms with Crippen LogP contribution >= 0.6 is 0 Å². The van der Waals surface area contributed by atoms with Crippen LogP contribution in [0.1, 0.15) is 40.3 Å². The van der Waals surface area contributed by atoms with Gasteiger partial charge in [-0.05, 0) is 30.7 Å². The second kappa shape index (κ2) is 8.40. The molecular formula is C21H21FN4O3. The predicted molar refractivity (Wildman–Crippen MR) is 103 cm³/mol. The van der Waals surface area contributed by atoms with Crippen molar-refractivity contribution in [2.45, 2.75) is 32.7 Å². The zero-order valence-electron chi connectivity index (χ0n) is 16.0. The molecule has 29 heavy (non-hydrogen) atoms. The number of ether oxygens (including phenoxy) is 2. The fraction of sp³-hybridized carbons (Fsp3) is 0.286. The maximum Gasteiger partial charge on any atom is 0.274 e. The lowest BCUT2D eigenvalue weighted by Crippen LogP contribution is -2.27. The zero-order chi connectivity index (χ0) is 20.2. The van der Waals surface area contributed by atoms with Gasteiger partial charge in [-0.3, -0.25) is 4.79 Å². The molecule has 1 aromatic heterocycles. The second-order valence-electron chi connectivity index (χ2n) is 6.64. The van der Waals surface area contributed by atoms with E-state index in [0.29, 0.717) is 25.4 Å². The average molecular weight is 396 g/mol. The molecule has 7 nitrogen and oxygen atoms in total. The van der Waals surface area contributed by atoms with Crippen LogP contribution in [0.5, 0.6) is 5.75 Å². The topological polar surface area (TPSA) is 78.3 Å². The van der Waals surface area contributed by atoms with Crippen LogP contribution in [0.25, 0.3) is 0 Å². The molecule has 2 heterocycles. The summed E-state index contributed by atoms with van der Waals surface area (Å²) in [6.45, 7) is 3.40.